The molecule has 1 nitrogen and oxygen atoms in total. The maximum atomic E-state index is 3.38. The van der Waals surface area contributed by atoms with Gasteiger partial charge in [0.15, 0.2) is 0 Å². The van der Waals surface area contributed by atoms with E-state index in [0.717, 1.165) is 12.1 Å². The van der Waals surface area contributed by atoms with E-state index < -0.39 is 0 Å². The standard InChI is InChI=1S/C13H9N/c1-2-6-10-11-7-4-5-9-13(11)14-12(10)8-3-1/h2,4-5,7-9,14H,6H2. The van der Waals surface area contributed by atoms with Gasteiger partial charge >= 0.3 is 0 Å². The quantitative estimate of drug-likeness (QED) is 0.598. The molecule has 0 atom stereocenters. The molecule has 66 valence electrons. The Morgan fingerprint density at radius 2 is 2.07 bits per heavy atom. The SMILES string of the molecule is C1=C=Cc2[nH]c3ccccc3c2CC=1. The molecule has 2 aromatic rings. The monoisotopic (exact) mass is 179 g/mol. The number of fused-ring (bicyclic) bond motifs is 3. The third-order valence-corrected chi connectivity index (χ3v) is 2.55. The minimum absolute atomic E-state index is 0.933. The molecule has 0 fully saturated rings. The molecule has 0 radical (unpaired) electrons. The normalized spacial score (nSPS) is 13.1. The summed E-state index contributed by atoms with van der Waals surface area (Å²) in [4.78, 5) is 3.38. The molecule has 0 aliphatic heterocycles. The van der Waals surface area contributed by atoms with Crippen LogP contribution in [0.5, 0.6) is 0 Å². The summed E-state index contributed by atoms with van der Waals surface area (Å²) in [5, 5.41) is 1.31. The molecule has 1 N–H and O–H groups in total. The van der Waals surface area contributed by atoms with Crippen molar-refractivity contribution in [2.45, 2.75) is 6.42 Å². The highest BCUT2D eigenvalue weighted by Gasteiger charge is 2.07. The van der Waals surface area contributed by atoms with Gasteiger partial charge in [-0.3, -0.25) is 0 Å². The lowest BCUT2D eigenvalue weighted by molar-refractivity contribution is 1.27. The van der Waals surface area contributed by atoms with E-state index in [9.17, 15) is 0 Å². The minimum Gasteiger partial charge on any atom is -0.354 e. The van der Waals surface area contributed by atoms with Crippen molar-refractivity contribution in [3.05, 3.63) is 53.1 Å². The summed E-state index contributed by atoms with van der Waals surface area (Å²) in [6, 6.07) is 8.37. The van der Waals surface area contributed by atoms with Crippen LogP contribution in [0.4, 0.5) is 0 Å². The molecule has 0 bridgehead atoms. The van der Waals surface area contributed by atoms with Gasteiger partial charge in [-0.25, -0.2) is 0 Å². The second-order valence-electron chi connectivity index (χ2n) is 3.40. The van der Waals surface area contributed by atoms with Crippen LogP contribution >= 0.6 is 0 Å². The zero-order valence-electron chi connectivity index (χ0n) is 7.67. The van der Waals surface area contributed by atoms with Crippen LogP contribution in [0.1, 0.15) is 11.3 Å². The lowest BCUT2D eigenvalue weighted by Gasteiger charge is -1.93. The van der Waals surface area contributed by atoms with Gasteiger partial charge in [-0.1, -0.05) is 29.7 Å². The van der Waals surface area contributed by atoms with Gasteiger partial charge in [0.2, 0.25) is 0 Å². The first-order valence-corrected chi connectivity index (χ1v) is 4.71. The molecule has 0 saturated carbocycles. The zero-order valence-corrected chi connectivity index (χ0v) is 7.67. The Morgan fingerprint density at radius 1 is 1.14 bits per heavy atom. The number of H-pyrrole nitrogens is 1. The fourth-order valence-corrected chi connectivity index (χ4v) is 1.89. The molecular weight excluding hydrogens is 170 g/mol. The van der Waals surface area contributed by atoms with Crippen molar-refractivity contribution in [3.63, 3.8) is 0 Å². The smallest absolute Gasteiger partial charge is 0.0512 e. The van der Waals surface area contributed by atoms with Crippen LogP contribution in [0.25, 0.3) is 17.0 Å². The van der Waals surface area contributed by atoms with Gasteiger partial charge in [-0.2, -0.15) is 0 Å². The van der Waals surface area contributed by atoms with Crippen molar-refractivity contribution in [1.29, 1.82) is 0 Å². The van der Waals surface area contributed by atoms with Gasteiger partial charge in [0.05, 0.1) is 5.69 Å². The highest BCUT2D eigenvalue weighted by molar-refractivity contribution is 5.87. The number of benzene rings is 1. The molecule has 1 aromatic carbocycles. The maximum absolute atomic E-state index is 3.38. The molecule has 1 aliphatic carbocycles. The van der Waals surface area contributed by atoms with Crippen molar-refractivity contribution >= 4 is 17.0 Å². The summed E-state index contributed by atoms with van der Waals surface area (Å²) in [6.45, 7) is 0. The van der Waals surface area contributed by atoms with E-state index in [2.05, 4.69) is 34.6 Å². The molecule has 1 heteroatoms. The van der Waals surface area contributed by atoms with E-state index in [1.807, 2.05) is 18.2 Å². The Labute approximate surface area is 82.1 Å². The van der Waals surface area contributed by atoms with Crippen molar-refractivity contribution in [2.75, 3.05) is 0 Å². The minimum atomic E-state index is 0.933. The number of aromatic amines is 1. The predicted octanol–water partition coefficient (Wildman–Crippen LogP) is 3.05. The van der Waals surface area contributed by atoms with E-state index >= 15 is 0 Å². The topological polar surface area (TPSA) is 15.8 Å². The van der Waals surface area contributed by atoms with E-state index in [-0.39, 0.29) is 0 Å². The molecule has 14 heavy (non-hydrogen) atoms. The summed E-state index contributed by atoms with van der Waals surface area (Å²) < 4.78 is 0. The Morgan fingerprint density at radius 3 is 3.07 bits per heavy atom. The van der Waals surface area contributed by atoms with Crippen LogP contribution < -0.4 is 0 Å². The third-order valence-electron chi connectivity index (χ3n) is 2.55. The molecule has 3 rings (SSSR count). The average Bonchev–Trinajstić information content (AvgIpc) is 2.42. The Hall–Kier alpha value is -1.94. The molecule has 0 amide bonds. The Balaban J connectivity index is 2.42. The lowest BCUT2D eigenvalue weighted by atomic mass is 10.1. The van der Waals surface area contributed by atoms with Crippen LogP contribution in [0.3, 0.4) is 0 Å². The van der Waals surface area contributed by atoms with Crippen molar-refractivity contribution in [1.82, 2.24) is 4.98 Å². The number of hydrogen-bond acceptors (Lipinski definition) is 0. The second-order valence-corrected chi connectivity index (χ2v) is 3.40. The summed E-state index contributed by atoms with van der Waals surface area (Å²) in [6.07, 6.45) is 4.91. The first kappa shape index (κ1) is 7.46. The summed E-state index contributed by atoms with van der Waals surface area (Å²) in [5.41, 5.74) is 9.70. The van der Waals surface area contributed by atoms with E-state index in [0.29, 0.717) is 0 Å². The van der Waals surface area contributed by atoms with Crippen molar-refractivity contribution < 1.29 is 0 Å². The van der Waals surface area contributed by atoms with Crippen molar-refractivity contribution in [2.24, 2.45) is 0 Å². The number of allylic oxidation sites excluding steroid dienone is 1. The summed E-state index contributed by atoms with van der Waals surface area (Å²) >= 11 is 0. The van der Waals surface area contributed by atoms with Crippen LogP contribution in [-0.2, 0) is 6.42 Å². The first-order chi connectivity index (χ1) is 6.95. The highest BCUT2D eigenvalue weighted by Crippen LogP contribution is 2.24. The van der Waals surface area contributed by atoms with E-state index in [4.69, 9.17) is 0 Å². The first-order valence-electron chi connectivity index (χ1n) is 4.71. The highest BCUT2D eigenvalue weighted by atomic mass is 14.7. The van der Waals surface area contributed by atoms with E-state index in [1.165, 1.54) is 16.5 Å². The second kappa shape index (κ2) is 2.78. The molecule has 1 aliphatic rings. The summed E-state index contributed by atoms with van der Waals surface area (Å²) in [5.74, 6) is 0. The largest absolute Gasteiger partial charge is 0.354 e. The third kappa shape index (κ3) is 0.978. The van der Waals surface area contributed by atoms with Gasteiger partial charge in [-0.15, -0.1) is 0 Å². The molecule has 1 heterocycles. The maximum Gasteiger partial charge on any atom is 0.0512 e. The molecule has 0 unspecified atom stereocenters. The number of hydrogen-bond donors (Lipinski definition) is 1. The molecule has 0 saturated heterocycles. The zero-order chi connectivity index (χ0) is 9.38. The fraction of sp³-hybridized carbons (Fsp3) is 0.0769. The number of rotatable bonds is 0. The molecule has 1 aromatic heterocycles. The van der Waals surface area contributed by atoms with Crippen LogP contribution in [0.15, 0.2) is 41.8 Å². The van der Waals surface area contributed by atoms with Gasteiger partial charge in [-0.05, 0) is 17.7 Å². The van der Waals surface area contributed by atoms with Gasteiger partial charge in [0.1, 0.15) is 0 Å². The van der Waals surface area contributed by atoms with Gasteiger partial charge < -0.3 is 4.98 Å². The lowest BCUT2D eigenvalue weighted by Crippen LogP contribution is -1.80. The number of para-hydroxylation sites is 1. The van der Waals surface area contributed by atoms with Crippen LogP contribution in [0.2, 0.25) is 0 Å². The number of aromatic nitrogens is 1. The Bertz CT molecular complexity index is 589. The van der Waals surface area contributed by atoms with Gasteiger partial charge in [0.25, 0.3) is 0 Å². The average molecular weight is 179 g/mol. The number of nitrogens with one attached hydrogen (secondary N) is 1. The van der Waals surface area contributed by atoms with Crippen molar-refractivity contribution in [3.8, 4) is 0 Å². The fourth-order valence-electron chi connectivity index (χ4n) is 1.89. The molecular formula is C13H9N. The Kier molecular flexibility index (Phi) is 1.48. The van der Waals surface area contributed by atoms with Gasteiger partial charge in [0, 0.05) is 23.4 Å². The summed E-state index contributed by atoms with van der Waals surface area (Å²) in [7, 11) is 0. The van der Waals surface area contributed by atoms with Crippen LogP contribution in [-0.4, -0.2) is 4.98 Å². The molecule has 0 spiro atoms. The van der Waals surface area contributed by atoms with Crippen LogP contribution in [0, 0.1) is 0 Å². The van der Waals surface area contributed by atoms with E-state index in [1.54, 1.807) is 0 Å². The predicted molar refractivity (Wildman–Crippen MR) is 58.1 cm³/mol.